The Hall–Kier alpha value is -3.72. The number of aryl methyl sites for hydroxylation is 1. The lowest BCUT2D eigenvalue weighted by atomic mass is 10.1. The van der Waals surface area contributed by atoms with Crippen LogP contribution in [0.5, 0.6) is 0 Å². The highest BCUT2D eigenvalue weighted by Gasteiger charge is 2.52. The largest absolute Gasteiger partial charge is 0.464 e. The number of hydrogen-bond acceptors (Lipinski definition) is 3. The summed E-state index contributed by atoms with van der Waals surface area (Å²) >= 11 is 7.32. The van der Waals surface area contributed by atoms with E-state index in [-0.39, 0.29) is 10.5 Å². The molecule has 0 aliphatic carbocycles. The topological polar surface area (TPSA) is 55.4 Å². The van der Waals surface area contributed by atoms with Crippen molar-refractivity contribution in [1.82, 2.24) is 5.32 Å². The number of carbonyl (C=O) groups excluding carboxylic acids is 2. The highest BCUT2D eigenvalue weighted by molar-refractivity contribution is 8.00. The second-order valence-electron chi connectivity index (χ2n) is 8.16. The maximum Gasteiger partial charge on any atom is 0.359 e. The van der Waals surface area contributed by atoms with Gasteiger partial charge in [-0.05, 0) is 67.1 Å². The molecule has 0 bridgehead atoms. The van der Waals surface area contributed by atoms with E-state index in [1.165, 1.54) is 7.11 Å². The second kappa shape index (κ2) is 11.3. The summed E-state index contributed by atoms with van der Waals surface area (Å²) in [6, 6.07) is 36.6. The summed E-state index contributed by atoms with van der Waals surface area (Å²) in [4.78, 5) is 26.4. The number of nitrogens with one attached hydrogen (secondary N) is 1. The zero-order valence-electron chi connectivity index (χ0n) is 20.0. The van der Waals surface area contributed by atoms with E-state index in [1.807, 2.05) is 110 Å². The average Bonchev–Trinajstić information content (AvgIpc) is 2.93. The van der Waals surface area contributed by atoms with Gasteiger partial charge in [-0.15, -0.1) is 0 Å². The monoisotopic (exact) mass is 514 g/mol. The first kappa shape index (κ1) is 25.4. The van der Waals surface area contributed by atoms with Crippen LogP contribution >= 0.6 is 18.9 Å². The summed E-state index contributed by atoms with van der Waals surface area (Å²) in [5.41, 5.74) is 1.36. The molecule has 0 spiro atoms. The fraction of sp³-hybridized carbons (Fsp3) is 0.0667. The lowest BCUT2D eigenvalue weighted by Gasteiger charge is -2.27. The number of esters is 1. The predicted octanol–water partition coefficient (Wildman–Crippen LogP) is 5.30. The molecule has 1 N–H and O–H groups in total. The molecule has 180 valence electrons. The van der Waals surface area contributed by atoms with E-state index in [4.69, 9.17) is 16.3 Å². The normalized spacial score (nSPS) is 11.9. The molecule has 0 unspecified atom stereocenters. The van der Waals surface area contributed by atoms with Crippen LogP contribution in [-0.2, 0) is 9.53 Å². The van der Waals surface area contributed by atoms with Gasteiger partial charge in [0, 0.05) is 5.56 Å². The third kappa shape index (κ3) is 4.97. The number of amides is 1. The Morgan fingerprint density at radius 2 is 1.11 bits per heavy atom. The van der Waals surface area contributed by atoms with Crippen molar-refractivity contribution in [3.63, 3.8) is 0 Å². The molecule has 0 radical (unpaired) electrons. The van der Waals surface area contributed by atoms with Gasteiger partial charge >= 0.3 is 5.97 Å². The number of benzene rings is 4. The zero-order valence-corrected chi connectivity index (χ0v) is 21.7. The fourth-order valence-corrected chi connectivity index (χ4v) is 9.01. The first-order valence-electron chi connectivity index (χ1n) is 11.4. The number of halogens is 1. The predicted molar refractivity (Wildman–Crippen MR) is 149 cm³/mol. The van der Waals surface area contributed by atoms with Gasteiger partial charge in [-0.1, -0.05) is 72.3 Å². The van der Waals surface area contributed by atoms with Crippen LogP contribution in [0.2, 0.25) is 0 Å². The van der Waals surface area contributed by atoms with Gasteiger partial charge in [-0.3, -0.25) is 4.79 Å². The highest BCUT2D eigenvalue weighted by atomic mass is 35.5. The Balaban J connectivity index is 2.02. The molecule has 0 heterocycles. The Kier molecular flexibility index (Phi) is 8.00. The first-order chi connectivity index (χ1) is 17.5. The lowest BCUT2D eigenvalue weighted by molar-refractivity contribution is -0.136. The van der Waals surface area contributed by atoms with Gasteiger partial charge in [0.1, 0.15) is 15.9 Å². The lowest BCUT2D eigenvalue weighted by Crippen LogP contribution is -2.35. The van der Waals surface area contributed by atoms with Gasteiger partial charge in [-0.25, -0.2) is 4.79 Å². The van der Waals surface area contributed by atoms with E-state index >= 15 is 0 Å². The van der Waals surface area contributed by atoms with Crippen LogP contribution < -0.4 is 21.2 Å². The van der Waals surface area contributed by atoms with Crippen LogP contribution in [0.4, 0.5) is 0 Å². The Morgan fingerprint density at radius 3 is 1.50 bits per heavy atom. The third-order valence-electron chi connectivity index (χ3n) is 5.87. The van der Waals surface area contributed by atoms with E-state index in [0.29, 0.717) is 5.56 Å². The molecule has 0 atom stereocenters. The zero-order chi connectivity index (χ0) is 25.5. The molecule has 6 heteroatoms. The second-order valence-corrected chi connectivity index (χ2v) is 12.1. The van der Waals surface area contributed by atoms with Crippen LogP contribution in [0.1, 0.15) is 15.9 Å². The minimum Gasteiger partial charge on any atom is -0.464 e. The molecule has 0 saturated carbocycles. The third-order valence-corrected chi connectivity index (χ3v) is 10.9. The van der Waals surface area contributed by atoms with Gasteiger partial charge in [0.15, 0.2) is 13.0 Å². The highest BCUT2D eigenvalue weighted by Crippen LogP contribution is 2.64. The maximum atomic E-state index is 13.2. The Labute approximate surface area is 216 Å². The van der Waals surface area contributed by atoms with Crippen LogP contribution in [0.3, 0.4) is 0 Å². The van der Waals surface area contributed by atoms with E-state index in [0.717, 1.165) is 21.5 Å². The Bertz CT molecular complexity index is 1280. The molecule has 0 aliphatic heterocycles. The number of methoxy groups -OCH3 is 1. The van der Waals surface area contributed by atoms with Gasteiger partial charge in [0.2, 0.25) is 4.77 Å². The summed E-state index contributed by atoms with van der Waals surface area (Å²) in [5, 5.41) is 5.61. The number of hydrogen-bond donors (Lipinski definition) is 1. The van der Waals surface area contributed by atoms with E-state index in [1.54, 1.807) is 12.1 Å². The number of rotatable bonds is 7. The van der Waals surface area contributed by atoms with Crippen molar-refractivity contribution >= 4 is 46.7 Å². The van der Waals surface area contributed by atoms with Gasteiger partial charge in [-0.2, -0.15) is 0 Å². The molecule has 36 heavy (non-hydrogen) atoms. The molecule has 1 amide bonds. The molecule has 0 aliphatic rings. The van der Waals surface area contributed by atoms with Crippen LogP contribution in [0.25, 0.3) is 0 Å². The van der Waals surface area contributed by atoms with Crippen molar-refractivity contribution in [3.05, 3.63) is 137 Å². The fourth-order valence-electron chi connectivity index (χ4n) is 4.09. The Morgan fingerprint density at radius 1 is 0.694 bits per heavy atom. The van der Waals surface area contributed by atoms with Gasteiger partial charge in [0.05, 0.1) is 7.11 Å². The molecular formula is C30H26ClNO3P+. The average molecular weight is 515 g/mol. The van der Waals surface area contributed by atoms with E-state index in [2.05, 4.69) is 5.32 Å². The molecule has 4 aromatic carbocycles. The maximum absolute atomic E-state index is 13.2. The van der Waals surface area contributed by atoms with Crippen LogP contribution in [0, 0.1) is 6.92 Å². The number of carbonyl (C=O) groups is 2. The first-order valence-corrected chi connectivity index (χ1v) is 13.6. The van der Waals surface area contributed by atoms with Crippen LogP contribution in [0.15, 0.2) is 126 Å². The van der Waals surface area contributed by atoms with Crippen molar-refractivity contribution in [2.45, 2.75) is 6.92 Å². The minimum absolute atomic E-state index is 0.0744. The van der Waals surface area contributed by atoms with Crippen molar-refractivity contribution in [2.75, 3.05) is 7.11 Å². The van der Waals surface area contributed by atoms with Crippen molar-refractivity contribution in [3.8, 4) is 0 Å². The smallest absolute Gasteiger partial charge is 0.359 e. The summed E-state index contributed by atoms with van der Waals surface area (Å²) in [7, 11) is -1.52. The molecule has 0 fully saturated rings. The quantitative estimate of drug-likeness (QED) is 0.207. The van der Waals surface area contributed by atoms with Gasteiger partial charge < -0.3 is 10.1 Å². The SMILES string of the molecule is COC(=O)/C(NC(=O)c1ccc(C)cc1)=C(\Cl)[P+](c1ccccc1)(c1ccccc1)c1ccccc1. The van der Waals surface area contributed by atoms with E-state index < -0.39 is 19.1 Å². The standard InChI is InChI=1S/C30H25ClNO3P/c1-22-18-20-23(21-19-22)29(33)32-27(30(34)35-2)28(31)36(24-12-6-3-7-13-24,25-14-8-4-9-15-25)26-16-10-5-11-17-26/h3-21H,1-2H3/p+1/b28-27-. The van der Waals surface area contributed by atoms with E-state index in [9.17, 15) is 9.59 Å². The van der Waals surface area contributed by atoms with Crippen molar-refractivity contribution < 1.29 is 14.3 Å². The van der Waals surface area contributed by atoms with Gasteiger partial charge in [0.25, 0.3) is 5.91 Å². The molecule has 0 saturated heterocycles. The van der Waals surface area contributed by atoms with Crippen molar-refractivity contribution in [2.24, 2.45) is 0 Å². The molecule has 0 aromatic heterocycles. The molecular weight excluding hydrogens is 489 g/mol. The summed E-state index contributed by atoms with van der Waals surface area (Å²) < 4.78 is 5.35. The summed E-state index contributed by atoms with van der Waals surface area (Å²) in [6.45, 7) is 1.94. The number of ether oxygens (including phenoxy) is 1. The van der Waals surface area contributed by atoms with Crippen molar-refractivity contribution in [1.29, 1.82) is 0 Å². The molecule has 4 rings (SSSR count). The summed E-state index contributed by atoms with van der Waals surface area (Å²) in [6.07, 6.45) is 0. The molecule has 4 nitrogen and oxygen atoms in total. The molecule has 4 aromatic rings. The minimum atomic E-state index is -2.79. The van der Waals surface area contributed by atoms with Crippen LogP contribution in [-0.4, -0.2) is 19.0 Å². The summed E-state index contributed by atoms with van der Waals surface area (Å²) in [5.74, 6) is -1.16.